The van der Waals surface area contributed by atoms with Crippen molar-refractivity contribution in [2.45, 2.75) is 20.0 Å². The van der Waals surface area contributed by atoms with E-state index in [-0.39, 0.29) is 5.56 Å². The zero-order chi connectivity index (χ0) is 13.7. The molecule has 2 rings (SSSR count). The van der Waals surface area contributed by atoms with Crippen molar-refractivity contribution in [3.63, 3.8) is 0 Å². The van der Waals surface area contributed by atoms with Gasteiger partial charge in [0.15, 0.2) is 0 Å². The molecule has 0 aliphatic heterocycles. The van der Waals surface area contributed by atoms with Crippen LogP contribution in [-0.2, 0) is 13.0 Å². The minimum atomic E-state index is -1.16. The molecule has 98 valence electrons. The van der Waals surface area contributed by atoms with Crippen LogP contribution in [0.4, 0.5) is 0 Å². The van der Waals surface area contributed by atoms with Gasteiger partial charge in [-0.3, -0.25) is 0 Å². The van der Waals surface area contributed by atoms with Gasteiger partial charge in [0.25, 0.3) is 0 Å². The standard InChI is InChI=1S/C16H16O3/c1-2-12-5-9-15(10-6-12)19-11-13-3-7-14(8-4-13)16(17)18/h3-10H,2,11H2,1H3,(H,17,18)/p-1. The van der Waals surface area contributed by atoms with Gasteiger partial charge >= 0.3 is 0 Å². The van der Waals surface area contributed by atoms with E-state index in [1.807, 2.05) is 24.3 Å². The number of carboxylic acid groups (broad SMARTS) is 1. The van der Waals surface area contributed by atoms with Crippen molar-refractivity contribution in [2.24, 2.45) is 0 Å². The molecule has 0 fully saturated rings. The molecule has 0 saturated carbocycles. The molecule has 0 aliphatic rings. The highest BCUT2D eigenvalue weighted by molar-refractivity contribution is 5.85. The number of aryl methyl sites for hydroxylation is 1. The maximum absolute atomic E-state index is 10.6. The highest BCUT2D eigenvalue weighted by atomic mass is 16.5. The summed E-state index contributed by atoms with van der Waals surface area (Å²) >= 11 is 0. The van der Waals surface area contributed by atoms with E-state index < -0.39 is 5.97 Å². The first-order chi connectivity index (χ1) is 9.19. The predicted octanol–water partition coefficient (Wildman–Crippen LogP) is 2.19. The fourth-order valence-corrected chi connectivity index (χ4v) is 1.73. The zero-order valence-electron chi connectivity index (χ0n) is 10.8. The fraction of sp³-hybridized carbons (Fsp3) is 0.188. The number of carboxylic acids is 1. The van der Waals surface area contributed by atoms with Crippen molar-refractivity contribution in [1.29, 1.82) is 0 Å². The number of ether oxygens (including phenoxy) is 1. The molecular formula is C16H15O3-. The molecule has 0 radical (unpaired) electrons. The highest BCUT2D eigenvalue weighted by Crippen LogP contribution is 2.14. The first-order valence-corrected chi connectivity index (χ1v) is 6.21. The van der Waals surface area contributed by atoms with Crippen LogP contribution >= 0.6 is 0 Å². The number of benzene rings is 2. The van der Waals surface area contributed by atoms with Gasteiger partial charge in [-0.1, -0.05) is 43.3 Å². The SMILES string of the molecule is CCc1ccc(OCc2ccc(C(=O)[O-])cc2)cc1. The van der Waals surface area contributed by atoms with Crippen LogP contribution in [0.1, 0.15) is 28.4 Å². The van der Waals surface area contributed by atoms with E-state index in [4.69, 9.17) is 4.74 Å². The fourth-order valence-electron chi connectivity index (χ4n) is 1.73. The van der Waals surface area contributed by atoms with Gasteiger partial charge in [-0.25, -0.2) is 0 Å². The predicted molar refractivity (Wildman–Crippen MR) is 70.9 cm³/mol. The van der Waals surface area contributed by atoms with Crippen molar-refractivity contribution in [3.8, 4) is 5.75 Å². The smallest absolute Gasteiger partial charge is 0.119 e. The minimum Gasteiger partial charge on any atom is -0.545 e. The topological polar surface area (TPSA) is 49.4 Å². The second-order valence-corrected chi connectivity index (χ2v) is 4.27. The van der Waals surface area contributed by atoms with Crippen LogP contribution in [0.25, 0.3) is 0 Å². The Balaban J connectivity index is 1.95. The quantitative estimate of drug-likeness (QED) is 0.823. The lowest BCUT2D eigenvalue weighted by atomic mass is 10.1. The molecule has 2 aromatic carbocycles. The molecule has 0 N–H and O–H groups in total. The molecule has 2 aromatic rings. The highest BCUT2D eigenvalue weighted by Gasteiger charge is 1.98. The number of carbonyl (C=O) groups is 1. The monoisotopic (exact) mass is 255 g/mol. The third-order valence-corrected chi connectivity index (χ3v) is 2.93. The number of carbonyl (C=O) groups excluding carboxylic acids is 1. The third-order valence-electron chi connectivity index (χ3n) is 2.93. The van der Waals surface area contributed by atoms with E-state index in [0.29, 0.717) is 6.61 Å². The van der Waals surface area contributed by atoms with Crippen molar-refractivity contribution in [1.82, 2.24) is 0 Å². The lowest BCUT2D eigenvalue weighted by Crippen LogP contribution is -2.22. The molecule has 3 nitrogen and oxygen atoms in total. The lowest BCUT2D eigenvalue weighted by Gasteiger charge is -2.08. The molecular weight excluding hydrogens is 240 g/mol. The molecule has 19 heavy (non-hydrogen) atoms. The van der Waals surface area contributed by atoms with Gasteiger partial charge in [0.05, 0.1) is 5.97 Å². The van der Waals surface area contributed by atoms with Gasteiger partial charge in [-0.2, -0.15) is 0 Å². The Hall–Kier alpha value is -2.29. The van der Waals surface area contributed by atoms with E-state index >= 15 is 0 Å². The molecule has 0 spiro atoms. The molecule has 3 heteroatoms. The molecule has 0 unspecified atom stereocenters. The molecule has 0 aliphatic carbocycles. The van der Waals surface area contributed by atoms with E-state index in [0.717, 1.165) is 17.7 Å². The third kappa shape index (κ3) is 3.58. The van der Waals surface area contributed by atoms with Gasteiger partial charge in [-0.15, -0.1) is 0 Å². The summed E-state index contributed by atoms with van der Waals surface area (Å²) in [7, 11) is 0. The van der Waals surface area contributed by atoms with Gasteiger partial charge < -0.3 is 14.6 Å². The Morgan fingerprint density at radius 2 is 1.58 bits per heavy atom. The Bertz CT molecular complexity index is 541. The molecule has 0 amide bonds. The molecule has 0 atom stereocenters. The van der Waals surface area contributed by atoms with Crippen LogP contribution in [0.2, 0.25) is 0 Å². The van der Waals surface area contributed by atoms with Gasteiger partial charge in [-0.05, 0) is 35.2 Å². The van der Waals surface area contributed by atoms with Crippen LogP contribution in [0.15, 0.2) is 48.5 Å². The number of aromatic carboxylic acids is 1. The van der Waals surface area contributed by atoms with Crippen LogP contribution in [0, 0.1) is 0 Å². The average molecular weight is 255 g/mol. The lowest BCUT2D eigenvalue weighted by molar-refractivity contribution is -0.255. The second kappa shape index (κ2) is 6.05. The molecule has 0 bridgehead atoms. The second-order valence-electron chi connectivity index (χ2n) is 4.27. The van der Waals surface area contributed by atoms with E-state index in [1.54, 1.807) is 12.1 Å². The van der Waals surface area contributed by atoms with Crippen molar-refractivity contribution in [2.75, 3.05) is 0 Å². The van der Waals surface area contributed by atoms with Gasteiger partial charge in [0, 0.05) is 0 Å². The van der Waals surface area contributed by atoms with Crippen LogP contribution in [0.5, 0.6) is 5.75 Å². The van der Waals surface area contributed by atoms with Crippen molar-refractivity contribution < 1.29 is 14.6 Å². The summed E-state index contributed by atoms with van der Waals surface area (Å²) < 4.78 is 5.63. The van der Waals surface area contributed by atoms with Gasteiger partial charge in [0.2, 0.25) is 0 Å². The largest absolute Gasteiger partial charge is 0.545 e. The Morgan fingerprint density at radius 3 is 2.11 bits per heavy atom. The van der Waals surface area contributed by atoms with Gasteiger partial charge in [0.1, 0.15) is 12.4 Å². The van der Waals surface area contributed by atoms with Crippen LogP contribution in [-0.4, -0.2) is 5.97 Å². The molecule has 0 saturated heterocycles. The number of hydrogen-bond acceptors (Lipinski definition) is 3. The minimum absolute atomic E-state index is 0.177. The van der Waals surface area contributed by atoms with E-state index in [1.165, 1.54) is 17.7 Å². The normalized spacial score (nSPS) is 10.2. The summed E-state index contributed by atoms with van der Waals surface area (Å²) in [4.78, 5) is 10.6. The summed E-state index contributed by atoms with van der Waals surface area (Å²) in [6.45, 7) is 2.52. The maximum Gasteiger partial charge on any atom is 0.119 e. The summed E-state index contributed by atoms with van der Waals surface area (Å²) in [6.07, 6.45) is 1.00. The number of hydrogen-bond donors (Lipinski definition) is 0. The summed E-state index contributed by atoms with van der Waals surface area (Å²) in [5.41, 5.74) is 2.37. The van der Waals surface area contributed by atoms with Crippen LogP contribution in [0.3, 0.4) is 0 Å². The van der Waals surface area contributed by atoms with E-state index in [2.05, 4.69) is 6.92 Å². The first-order valence-electron chi connectivity index (χ1n) is 6.21. The molecule has 0 heterocycles. The maximum atomic E-state index is 10.6. The summed E-state index contributed by atoms with van der Waals surface area (Å²) in [6, 6.07) is 14.4. The van der Waals surface area contributed by atoms with E-state index in [9.17, 15) is 9.90 Å². The first kappa shape index (κ1) is 13.1. The summed E-state index contributed by atoms with van der Waals surface area (Å²) in [5.74, 6) is -0.358. The van der Waals surface area contributed by atoms with Crippen molar-refractivity contribution in [3.05, 3.63) is 65.2 Å². The Labute approximate surface area is 112 Å². The summed E-state index contributed by atoms with van der Waals surface area (Å²) in [5, 5.41) is 10.6. The Kier molecular flexibility index (Phi) is 4.18. The molecule has 0 aromatic heterocycles. The Morgan fingerprint density at radius 1 is 1.00 bits per heavy atom. The van der Waals surface area contributed by atoms with Crippen LogP contribution < -0.4 is 9.84 Å². The average Bonchev–Trinajstić information content (AvgIpc) is 2.46. The van der Waals surface area contributed by atoms with Crippen molar-refractivity contribution >= 4 is 5.97 Å². The zero-order valence-corrected chi connectivity index (χ0v) is 10.8. The number of rotatable bonds is 5.